The van der Waals surface area contributed by atoms with Gasteiger partial charge in [-0.05, 0) is 4.90 Å². The molecule has 0 heterocycles. The molecule has 1 aromatic carbocycles. The molecule has 0 saturated heterocycles. The molecule has 1 aromatic rings. The van der Waals surface area contributed by atoms with Gasteiger partial charge in [0.1, 0.15) is 0 Å². The fourth-order valence-electron chi connectivity index (χ4n) is 0.544. The van der Waals surface area contributed by atoms with Crippen LogP contribution in [0.1, 0.15) is 0 Å². The molecular formula is C6H5FeO3S-. The predicted molar refractivity (Wildman–Crippen MR) is 35.1 cm³/mol. The molecule has 0 amide bonds. The molecule has 62 valence electrons. The molecule has 0 unspecified atom stereocenters. The van der Waals surface area contributed by atoms with E-state index in [4.69, 9.17) is 4.55 Å². The molecule has 1 N–H and O–H groups in total. The first-order chi connectivity index (χ1) is 4.61. The molecule has 0 fully saturated rings. The average molecular weight is 213 g/mol. The van der Waals surface area contributed by atoms with Crippen LogP contribution >= 0.6 is 0 Å². The molecule has 0 aliphatic carbocycles. The van der Waals surface area contributed by atoms with Crippen molar-refractivity contribution in [3.05, 3.63) is 30.3 Å². The third-order valence-corrected chi connectivity index (χ3v) is 1.85. The monoisotopic (exact) mass is 213 g/mol. The van der Waals surface area contributed by atoms with E-state index in [0.717, 1.165) is 0 Å². The van der Waals surface area contributed by atoms with Crippen LogP contribution in [-0.4, -0.2) is 13.0 Å². The average Bonchev–Trinajstić information content (AvgIpc) is 1.88. The minimum atomic E-state index is -4.02. The van der Waals surface area contributed by atoms with Crippen molar-refractivity contribution in [1.29, 1.82) is 0 Å². The van der Waals surface area contributed by atoms with E-state index in [9.17, 15) is 8.42 Å². The largest absolute Gasteiger partial charge is 0.283 e. The van der Waals surface area contributed by atoms with E-state index in [-0.39, 0.29) is 22.0 Å². The summed E-state index contributed by atoms with van der Waals surface area (Å²) in [7, 11) is -4.02. The summed E-state index contributed by atoms with van der Waals surface area (Å²) in [5, 5.41) is 0. The van der Waals surface area contributed by atoms with E-state index < -0.39 is 10.1 Å². The summed E-state index contributed by atoms with van der Waals surface area (Å²) in [6, 6.07) is 8.02. The zero-order chi connectivity index (χ0) is 7.61. The van der Waals surface area contributed by atoms with Gasteiger partial charge in [0.25, 0.3) is 10.1 Å². The Morgan fingerprint density at radius 3 is 2.00 bits per heavy atom. The molecule has 0 atom stereocenters. The Labute approximate surface area is 75.7 Å². The fourth-order valence-corrected chi connectivity index (χ4v) is 1.02. The maximum atomic E-state index is 10.4. The maximum absolute atomic E-state index is 10.4. The summed E-state index contributed by atoms with van der Waals surface area (Å²) in [6.45, 7) is 0. The van der Waals surface area contributed by atoms with Crippen LogP contribution in [-0.2, 0) is 27.2 Å². The second-order valence-electron chi connectivity index (χ2n) is 1.71. The van der Waals surface area contributed by atoms with Gasteiger partial charge in [-0.1, -0.05) is 0 Å². The van der Waals surface area contributed by atoms with E-state index >= 15 is 0 Å². The number of hydrogen-bond donors (Lipinski definition) is 1. The van der Waals surface area contributed by atoms with Crippen LogP contribution in [0.4, 0.5) is 0 Å². The molecular weight excluding hydrogens is 208 g/mol. The van der Waals surface area contributed by atoms with Crippen LogP contribution in [0.3, 0.4) is 0 Å². The maximum Gasteiger partial charge on any atom is 0.271 e. The summed E-state index contributed by atoms with van der Waals surface area (Å²) in [5.41, 5.74) is 0. The molecule has 0 radical (unpaired) electrons. The normalized spacial score (nSPS) is 10.3. The summed E-state index contributed by atoms with van der Waals surface area (Å²) < 4.78 is 29.2. The van der Waals surface area contributed by atoms with Gasteiger partial charge in [-0.25, -0.2) is 0 Å². The Balaban J connectivity index is 0.000001000. The van der Waals surface area contributed by atoms with Gasteiger partial charge in [-0.2, -0.15) is 26.6 Å². The van der Waals surface area contributed by atoms with E-state index in [1.54, 1.807) is 0 Å². The number of hydrogen-bond acceptors (Lipinski definition) is 2. The van der Waals surface area contributed by atoms with Crippen LogP contribution in [0.2, 0.25) is 0 Å². The Morgan fingerprint density at radius 1 is 1.27 bits per heavy atom. The van der Waals surface area contributed by atoms with Crippen LogP contribution in [0, 0.1) is 6.07 Å². The summed E-state index contributed by atoms with van der Waals surface area (Å²) in [5.74, 6) is 0. The van der Waals surface area contributed by atoms with Crippen molar-refractivity contribution < 1.29 is 30.0 Å². The van der Waals surface area contributed by atoms with Gasteiger partial charge < -0.3 is 0 Å². The second kappa shape index (κ2) is 3.87. The van der Waals surface area contributed by atoms with Crippen molar-refractivity contribution in [2.75, 3.05) is 0 Å². The van der Waals surface area contributed by atoms with E-state index in [0.29, 0.717) is 0 Å². The quantitative estimate of drug-likeness (QED) is 0.425. The number of benzene rings is 1. The van der Waals surface area contributed by atoms with Crippen LogP contribution in [0.25, 0.3) is 0 Å². The molecule has 5 heteroatoms. The molecule has 0 aliphatic rings. The number of rotatable bonds is 1. The molecule has 0 aliphatic heterocycles. The van der Waals surface area contributed by atoms with E-state index in [1.165, 1.54) is 24.3 Å². The smallest absolute Gasteiger partial charge is 0.271 e. The first kappa shape index (κ1) is 10.6. The van der Waals surface area contributed by atoms with Crippen molar-refractivity contribution in [2.24, 2.45) is 0 Å². The first-order valence-corrected chi connectivity index (χ1v) is 3.98. The summed E-state index contributed by atoms with van der Waals surface area (Å²) in [4.78, 5) is -0.105. The summed E-state index contributed by atoms with van der Waals surface area (Å²) in [6.07, 6.45) is 0. The van der Waals surface area contributed by atoms with Gasteiger partial charge in [0.05, 0.1) is 0 Å². The Morgan fingerprint density at radius 2 is 1.73 bits per heavy atom. The molecule has 0 aromatic heterocycles. The third-order valence-electron chi connectivity index (χ3n) is 0.986. The zero-order valence-corrected chi connectivity index (χ0v) is 7.26. The zero-order valence-electron chi connectivity index (χ0n) is 5.33. The van der Waals surface area contributed by atoms with Gasteiger partial charge >= 0.3 is 0 Å². The fraction of sp³-hybridized carbons (Fsp3) is 0. The van der Waals surface area contributed by atoms with Gasteiger partial charge in [0.15, 0.2) is 0 Å². The molecule has 0 spiro atoms. The van der Waals surface area contributed by atoms with Crippen LogP contribution < -0.4 is 0 Å². The minimum Gasteiger partial charge on any atom is -0.283 e. The van der Waals surface area contributed by atoms with Gasteiger partial charge in [-0.15, -0.1) is 12.1 Å². The van der Waals surface area contributed by atoms with Crippen LogP contribution in [0.15, 0.2) is 29.2 Å². The van der Waals surface area contributed by atoms with Gasteiger partial charge in [0.2, 0.25) is 0 Å². The first-order valence-electron chi connectivity index (χ1n) is 2.54. The van der Waals surface area contributed by atoms with Crippen molar-refractivity contribution >= 4 is 10.1 Å². The second-order valence-corrected chi connectivity index (χ2v) is 3.13. The van der Waals surface area contributed by atoms with E-state index in [2.05, 4.69) is 6.07 Å². The summed E-state index contributed by atoms with van der Waals surface area (Å²) >= 11 is 0. The predicted octanol–water partition coefficient (Wildman–Crippen LogP) is 0.731. The SMILES string of the molecule is O=S(=O)(O)c1cc[c-]cc1.[Fe]. The van der Waals surface area contributed by atoms with Crippen molar-refractivity contribution in [3.63, 3.8) is 0 Å². The molecule has 3 nitrogen and oxygen atoms in total. The van der Waals surface area contributed by atoms with Gasteiger partial charge in [-0.3, -0.25) is 4.55 Å². The Bertz CT molecular complexity index is 306. The Hall–Kier alpha value is -0.351. The third kappa shape index (κ3) is 3.03. The standard InChI is InChI=1S/C6H5O3S.Fe/c7-10(8,9)6-4-2-1-3-5-6;/h2-5H,(H,7,8,9);/q-1;. The van der Waals surface area contributed by atoms with E-state index in [1.807, 2.05) is 0 Å². The molecule has 0 saturated carbocycles. The molecule has 0 bridgehead atoms. The minimum absolute atomic E-state index is 0. The van der Waals surface area contributed by atoms with Crippen LogP contribution in [0.5, 0.6) is 0 Å². The molecule has 11 heavy (non-hydrogen) atoms. The Kier molecular flexibility index (Phi) is 3.75. The van der Waals surface area contributed by atoms with Crippen molar-refractivity contribution in [2.45, 2.75) is 4.90 Å². The molecule has 1 rings (SSSR count). The van der Waals surface area contributed by atoms with Gasteiger partial charge in [0, 0.05) is 17.1 Å². The van der Waals surface area contributed by atoms with Crippen molar-refractivity contribution in [3.8, 4) is 0 Å². The topological polar surface area (TPSA) is 54.4 Å². The van der Waals surface area contributed by atoms with Crippen molar-refractivity contribution in [1.82, 2.24) is 0 Å².